The average Bonchev–Trinajstić information content (AvgIpc) is 2.56. The Morgan fingerprint density at radius 3 is 3.00 bits per heavy atom. The quantitative estimate of drug-likeness (QED) is 0.800. The van der Waals surface area contributed by atoms with Gasteiger partial charge in [-0.3, -0.25) is 4.98 Å². The van der Waals surface area contributed by atoms with E-state index in [-0.39, 0.29) is 0 Å². The van der Waals surface area contributed by atoms with Crippen molar-refractivity contribution >= 4 is 17.4 Å². The lowest BCUT2D eigenvalue weighted by Gasteiger charge is -2.01. The summed E-state index contributed by atoms with van der Waals surface area (Å²) < 4.78 is 1.59. The third-order valence-corrected chi connectivity index (χ3v) is 2.05. The Bertz CT molecular complexity index is 439. The van der Waals surface area contributed by atoms with Crippen molar-refractivity contribution in [2.45, 2.75) is 6.54 Å². The Morgan fingerprint density at radius 1 is 1.50 bits per heavy atom. The van der Waals surface area contributed by atoms with Crippen molar-refractivity contribution in [2.24, 2.45) is 0 Å². The maximum absolute atomic E-state index is 5.93. The van der Waals surface area contributed by atoms with E-state index in [9.17, 15) is 0 Å². The van der Waals surface area contributed by atoms with Crippen LogP contribution >= 0.6 is 11.6 Å². The lowest BCUT2D eigenvalue weighted by atomic mass is 10.3. The first-order valence-electron chi connectivity index (χ1n) is 4.01. The summed E-state index contributed by atoms with van der Waals surface area (Å²) in [6.45, 7) is 0.476. The molecule has 5 nitrogen and oxygen atoms in total. The Labute approximate surface area is 85.5 Å². The number of hydrogen-bond acceptors (Lipinski definition) is 4. The normalized spacial score (nSPS) is 10.4. The molecule has 0 aromatic carbocycles. The minimum atomic E-state index is 0.386. The summed E-state index contributed by atoms with van der Waals surface area (Å²) in [6, 6.07) is 3.56. The van der Waals surface area contributed by atoms with Gasteiger partial charge in [0.15, 0.2) is 5.82 Å². The van der Waals surface area contributed by atoms with Crippen LogP contribution in [0.2, 0.25) is 5.02 Å². The van der Waals surface area contributed by atoms with Crippen molar-refractivity contribution in [3.8, 4) is 0 Å². The van der Waals surface area contributed by atoms with Crippen LogP contribution < -0.4 is 5.73 Å². The van der Waals surface area contributed by atoms with Gasteiger partial charge in [0.05, 0.1) is 23.5 Å². The summed E-state index contributed by atoms with van der Waals surface area (Å²) in [6.07, 6.45) is 3.31. The highest BCUT2D eigenvalue weighted by atomic mass is 35.5. The molecule has 2 aromatic heterocycles. The van der Waals surface area contributed by atoms with Crippen LogP contribution in [0.4, 0.5) is 5.82 Å². The summed E-state index contributed by atoms with van der Waals surface area (Å²) in [7, 11) is 0. The van der Waals surface area contributed by atoms with Crippen molar-refractivity contribution < 1.29 is 0 Å². The molecular weight excluding hydrogens is 202 g/mol. The van der Waals surface area contributed by atoms with Crippen LogP contribution in [0.3, 0.4) is 0 Å². The first-order chi connectivity index (χ1) is 6.75. The molecule has 2 rings (SSSR count). The Balaban J connectivity index is 2.23. The van der Waals surface area contributed by atoms with Crippen LogP contribution in [-0.2, 0) is 6.54 Å². The van der Waals surface area contributed by atoms with E-state index < -0.39 is 0 Å². The molecule has 2 heterocycles. The molecule has 72 valence electrons. The van der Waals surface area contributed by atoms with Gasteiger partial charge in [-0.2, -0.15) is 0 Å². The number of anilines is 1. The minimum absolute atomic E-state index is 0.386. The van der Waals surface area contributed by atoms with E-state index in [1.54, 1.807) is 29.2 Å². The molecule has 0 saturated carbocycles. The van der Waals surface area contributed by atoms with Gasteiger partial charge < -0.3 is 5.73 Å². The van der Waals surface area contributed by atoms with Gasteiger partial charge in [0, 0.05) is 6.20 Å². The van der Waals surface area contributed by atoms with Crippen LogP contribution in [0.25, 0.3) is 0 Å². The van der Waals surface area contributed by atoms with E-state index in [0.29, 0.717) is 17.4 Å². The van der Waals surface area contributed by atoms with Crippen LogP contribution in [0.5, 0.6) is 0 Å². The van der Waals surface area contributed by atoms with Gasteiger partial charge in [-0.1, -0.05) is 16.8 Å². The lowest BCUT2D eigenvalue weighted by Crippen LogP contribution is -2.02. The summed E-state index contributed by atoms with van der Waals surface area (Å²) >= 11 is 5.93. The van der Waals surface area contributed by atoms with Crippen LogP contribution in [-0.4, -0.2) is 20.0 Å². The molecule has 6 heteroatoms. The number of rotatable bonds is 2. The summed E-state index contributed by atoms with van der Waals surface area (Å²) in [5, 5.41) is 8.07. The second-order valence-corrected chi connectivity index (χ2v) is 3.18. The molecule has 14 heavy (non-hydrogen) atoms. The van der Waals surface area contributed by atoms with Crippen LogP contribution in [0, 0.1) is 0 Å². The van der Waals surface area contributed by atoms with Gasteiger partial charge in [-0.15, -0.1) is 5.10 Å². The molecule has 0 aliphatic carbocycles. The smallest absolute Gasteiger partial charge is 0.165 e. The number of hydrogen-bond donors (Lipinski definition) is 1. The highest BCUT2D eigenvalue weighted by Gasteiger charge is 2.03. The third-order valence-electron chi connectivity index (χ3n) is 1.70. The number of halogens is 1. The van der Waals surface area contributed by atoms with E-state index in [1.165, 1.54) is 0 Å². The summed E-state index contributed by atoms with van der Waals surface area (Å²) in [5.74, 6) is 0.386. The molecule has 0 unspecified atom stereocenters. The van der Waals surface area contributed by atoms with Crippen molar-refractivity contribution in [3.05, 3.63) is 35.2 Å². The first-order valence-corrected chi connectivity index (χ1v) is 4.38. The fraction of sp³-hybridized carbons (Fsp3) is 0.125. The molecule has 0 radical (unpaired) electrons. The number of aromatic nitrogens is 4. The van der Waals surface area contributed by atoms with Crippen molar-refractivity contribution in [3.63, 3.8) is 0 Å². The minimum Gasteiger partial charge on any atom is -0.381 e. The maximum Gasteiger partial charge on any atom is 0.165 e. The molecule has 0 spiro atoms. The third kappa shape index (κ3) is 1.82. The molecule has 0 aliphatic rings. The van der Waals surface area contributed by atoms with E-state index in [1.807, 2.05) is 0 Å². The largest absolute Gasteiger partial charge is 0.381 e. The number of nitrogens with zero attached hydrogens (tertiary/aromatic N) is 4. The zero-order chi connectivity index (χ0) is 9.97. The van der Waals surface area contributed by atoms with E-state index in [4.69, 9.17) is 17.3 Å². The van der Waals surface area contributed by atoms with Crippen LogP contribution in [0.15, 0.2) is 24.5 Å². The molecule has 0 amide bonds. The van der Waals surface area contributed by atoms with Crippen molar-refractivity contribution in [1.29, 1.82) is 0 Å². The summed E-state index contributed by atoms with van der Waals surface area (Å²) in [5.41, 5.74) is 6.17. The van der Waals surface area contributed by atoms with Crippen molar-refractivity contribution in [2.75, 3.05) is 5.73 Å². The zero-order valence-corrected chi connectivity index (χ0v) is 8.02. The molecule has 0 atom stereocenters. The summed E-state index contributed by atoms with van der Waals surface area (Å²) in [4.78, 5) is 4.12. The maximum atomic E-state index is 5.93. The molecule has 0 fully saturated rings. The molecular formula is C8H8ClN5. The molecule has 0 aliphatic heterocycles. The van der Waals surface area contributed by atoms with Gasteiger partial charge >= 0.3 is 0 Å². The standard InChI is InChI=1S/C8H8ClN5/c9-6-2-1-3-11-7(6)4-14-5-8(10)12-13-14/h1-3,5H,4,10H2. The monoisotopic (exact) mass is 209 g/mol. The van der Waals surface area contributed by atoms with E-state index >= 15 is 0 Å². The highest BCUT2D eigenvalue weighted by molar-refractivity contribution is 6.31. The van der Waals surface area contributed by atoms with Gasteiger partial charge in [0.1, 0.15) is 0 Å². The Kier molecular flexibility index (Phi) is 2.32. The predicted octanol–water partition coefficient (Wildman–Crippen LogP) is 0.957. The lowest BCUT2D eigenvalue weighted by molar-refractivity contribution is 0.639. The van der Waals surface area contributed by atoms with Gasteiger partial charge in [0.25, 0.3) is 0 Å². The highest BCUT2D eigenvalue weighted by Crippen LogP contribution is 2.12. The van der Waals surface area contributed by atoms with E-state index in [2.05, 4.69) is 15.3 Å². The number of nitrogens with two attached hydrogens (primary N) is 1. The SMILES string of the molecule is Nc1cn(Cc2ncccc2Cl)nn1. The Morgan fingerprint density at radius 2 is 2.36 bits per heavy atom. The fourth-order valence-corrected chi connectivity index (χ4v) is 1.26. The fourth-order valence-electron chi connectivity index (χ4n) is 1.08. The molecule has 2 aromatic rings. The van der Waals surface area contributed by atoms with Crippen LogP contribution in [0.1, 0.15) is 5.69 Å². The first kappa shape index (κ1) is 8.96. The topological polar surface area (TPSA) is 69.6 Å². The van der Waals surface area contributed by atoms with Gasteiger partial charge in [-0.25, -0.2) is 4.68 Å². The Hall–Kier alpha value is -1.62. The second-order valence-electron chi connectivity index (χ2n) is 2.77. The van der Waals surface area contributed by atoms with E-state index in [0.717, 1.165) is 5.69 Å². The number of nitrogen functional groups attached to an aromatic ring is 1. The number of pyridine rings is 1. The molecule has 0 bridgehead atoms. The second kappa shape index (κ2) is 3.63. The molecule has 2 N–H and O–H groups in total. The average molecular weight is 210 g/mol. The molecule has 0 saturated heterocycles. The van der Waals surface area contributed by atoms with Gasteiger partial charge in [-0.05, 0) is 12.1 Å². The predicted molar refractivity (Wildman–Crippen MR) is 52.8 cm³/mol. The van der Waals surface area contributed by atoms with Gasteiger partial charge in [0.2, 0.25) is 0 Å². The van der Waals surface area contributed by atoms with Crippen molar-refractivity contribution in [1.82, 2.24) is 20.0 Å². The zero-order valence-electron chi connectivity index (χ0n) is 7.26.